The molecule has 0 unspecified atom stereocenters. The Hall–Kier alpha value is -3.02. The molecule has 0 aliphatic heterocycles. The maximum absolute atomic E-state index is 10.9. The molecule has 108 valence electrons. The Morgan fingerprint density at radius 3 is 2.52 bits per heavy atom. The minimum atomic E-state index is -0.781. The van der Waals surface area contributed by atoms with Crippen molar-refractivity contribution < 1.29 is 14.6 Å². The second kappa shape index (κ2) is 6.42. The molecule has 2 aromatic rings. The fourth-order valence-electron chi connectivity index (χ4n) is 1.83. The van der Waals surface area contributed by atoms with Gasteiger partial charge in [0.2, 0.25) is 0 Å². The van der Waals surface area contributed by atoms with Gasteiger partial charge in [0.25, 0.3) is 0 Å². The van der Waals surface area contributed by atoms with Gasteiger partial charge in [-0.2, -0.15) is 5.10 Å². The van der Waals surface area contributed by atoms with E-state index in [4.69, 9.17) is 10.5 Å². The second-order valence-corrected chi connectivity index (χ2v) is 4.19. The lowest BCUT2D eigenvalue weighted by molar-refractivity contribution is 0.249. The molecule has 0 atom stereocenters. The van der Waals surface area contributed by atoms with Crippen molar-refractivity contribution in [2.45, 2.75) is 0 Å². The molecule has 6 heteroatoms. The topological polar surface area (TPSA) is 96.9 Å². The summed E-state index contributed by atoms with van der Waals surface area (Å²) in [4.78, 5) is 10.9. The molecule has 0 bridgehead atoms. The van der Waals surface area contributed by atoms with Crippen molar-refractivity contribution in [3.05, 3.63) is 59.7 Å². The third kappa shape index (κ3) is 3.50. The summed E-state index contributed by atoms with van der Waals surface area (Å²) in [6.45, 7) is 0. The number of rotatable bonds is 4. The summed E-state index contributed by atoms with van der Waals surface area (Å²) in [7, 11) is 1.51. The summed E-state index contributed by atoms with van der Waals surface area (Å²) in [5, 5.41) is 14.1. The molecule has 0 aliphatic rings. The SMILES string of the molecule is COc1ccc(/C(=N\NC(N)=O)c2ccccc2)c(O)c1. The van der Waals surface area contributed by atoms with Gasteiger partial charge in [-0.05, 0) is 12.1 Å². The Morgan fingerprint density at radius 1 is 1.24 bits per heavy atom. The third-order valence-corrected chi connectivity index (χ3v) is 2.79. The molecule has 6 nitrogen and oxygen atoms in total. The number of nitrogens with two attached hydrogens (primary N) is 1. The van der Waals surface area contributed by atoms with Crippen LogP contribution in [0.5, 0.6) is 11.5 Å². The van der Waals surface area contributed by atoms with Gasteiger partial charge in [0, 0.05) is 17.2 Å². The summed E-state index contributed by atoms with van der Waals surface area (Å²) in [6.07, 6.45) is 0. The molecule has 21 heavy (non-hydrogen) atoms. The first kappa shape index (κ1) is 14.4. The van der Waals surface area contributed by atoms with E-state index in [1.54, 1.807) is 12.1 Å². The Labute approximate surface area is 121 Å². The fourth-order valence-corrected chi connectivity index (χ4v) is 1.83. The Morgan fingerprint density at radius 2 is 1.95 bits per heavy atom. The van der Waals surface area contributed by atoms with E-state index in [2.05, 4.69) is 10.5 Å². The van der Waals surface area contributed by atoms with Crippen molar-refractivity contribution in [1.82, 2.24) is 5.43 Å². The molecule has 0 saturated heterocycles. The highest BCUT2D eigenvalue weighted by Crippen LogP contribution is 2.26. The number of phenols is 1. The fraction of sp³-hybridized carbons (Fsp3) is 0.0667. The zero-order chi connectivity index (χ0) is 15.2. The number of benzene rings is 2. The summed E-state index contributed by atoms with van der Waals surface area (Å²) in [6, 6.07) is 13.2. The van der Waals surface area contributed by atoms with Crippen molar-refractivity contribution in [2.24, 2.45) is 10.8 Å². The molecular formula is C15H15N3O3. The normalized spacial score (nSPS) is 11.0. The first-order valence-corrected chi connectivity index (χ1v) is 6.17. The summed E-state index contributed by atoms with van der Waals surface area (Å²) < 4.78 is 5.04. The van der Waals surface area contributed by atoms with Crippen LogP contribution in [0.15, 0.2) is 53.6 Å². The van der Waals surface area contributed by atoms with Gasteiger partial charge in [-0.25, -0.2) is 10.2 Å². The minimum Gasteiger partial charge on any atom is -0.507 e. The lowest BCUT2D eigenvalue weighted by Gasteiger charge is -2.10. The van der Waals surface area contributed by atoms with E-state index in [0.717, 1.165) is 5.56 Å². The molecule has 0 fully saturated rings. The number of primary amides is 1. The van der Waals surface area contributed by atoms with Crippen LogP contribution in [-0.2, 0) is 0 Å². The van der Waals surface area contributed by atoms with Crippen molar-refractivity contribution in [3.63, 3.8) is 0 Å². The summed E-state index contributed by atoms with van der Waals surface area (Å²) in [5.74, 6) is 0.509. The van der Waals surface area contributed by atoms with Crippen LogP contribution < -0.4 is 15.9 Å². The third-order valence-electron chi connectivity index (χ3n) is 2.79. The van der Waals surface area contributed by atoms with Crippen LogP contribution in [0.4, 0.5) is 4.79 Å². The number of methoxy groups -OCH3 is 1. The molecule has 4 N–H and O–H groups in total. The smallest absolute Gasteiger partial charge is 0.332 e. The molecule has 2 rings (SSSR count). The minimum absolute atomic E-state index is 0.0109. The van der Waals surface area contributed by atoms with Crippen molar-refractivity contribution >= 4 is 11.7 Å². The van der Waals surface area contributed by atoms with Gasteiger partial charge in [-0.3, -0.25) is 0 Å². The number of carbonyl (C=O) groups is 1. The molecule has 2 aromatic carbocycles. The van der Waals surface area contributed by atoms with E-state index in [0.29, 0.717) is 17.0 Å². The maximum atomic E-state index is 10.9. The van der Waals surface area contributed by atoms with Crippen molar-refractivity contribution in [3.8, 4) is 11.5 Å². The van der Waals surface area contributed by atoms with E-state index < -0.39 is 6.03 Å². The highest BCUT2D eigenvalue weighted by atomic mass is 16.5. The highest BCUT2D eigenvalue weighted by molar-refractivity contribution is 6.14. The van der Waals surface area contributed by atoms with E-state index in [-0.39, 0.29) is 5.75 Å². The largest absolute Gasteiger partial charge is 0.507 e. The summed E-state index contributed by atoms with van der Waals surface area (Å²) in [5.41, 5.74) is 8.80. The van der Waals surface area contributed by atoms with E-state index in [1.165, 1.54) is 13.2 Å². The number of aromatic hydroxyl groups is 1. The zero-order valence-electron chi connectivity index (χ0n) is 11.4. The molecular weight excluding hydrogens is 270 g/mol. The monoisotopic (exact) mass is 285 g/mol. The number of hydrogen-bond acceptors (Lipinski definition) is 4. The zero-order valence-corrected chi connectivity index (χ0v) is 11.4. The number of urea groups is 1. The summed E-state index contributed by atoms with van der Waals surface area (Å²) >= 11 is 0. The van der Waals surface area contributed by atoms with Gasteiger partial charge >= 0.3 is 6.03 Å². The van der Waals surface area contributed by atoms with Gasteiger partial charge < -0.3 is 15.6 Å². The van der Waals surface area contributed by atoms with Crippen molar-refractivity contribution in [1.29, 1.82) is 0 Å². The molecule has 0 aromatic heterocycles. The van der Waals surface area contributed by atoms with Gasteiger partial charge in [0.1, 0.15) is 17.2 Å². The molecule has 0 aliphatic carbocycles. The van der Waals surface area contributed by atoms with Crippen molar-refractivity contribution in [2.75, 3.05) is 7.11 Å². The lowest BCUT2D eigenvalue weighted by Crippen LogP contribution is -2.26. The van der Waals surface area contributed by atoms with Crippen LogP contribution in [-0.4, -0.2) is 24.0 Å². The first-order valence-electron chi connectivity index (χ1n) is 6.17. The van der Waals surface area contributed by atoms with E-state index >= 15 is 0 Å². The van der Waals surface area contributed by atoms with Gasteiger partial charge in [-0.15, -0.1) is 0 Å². The standard InChI is InChI=1S/C15H15N3O3/c1-21-11-7-8-12(13(19)9-11)14(17-18-15(16)20)10-5-3-2-4-6-10/h2-9,19H,1H3,(H3,16,18,20)/b17-14-. The number of hydrazone groups is 1. The van der Waals surface area contributed by atoms with Gasteiger partial charge in [0.15, 0.2) is 0 Å². The van der Waals surface area contributed by atoms with Crippen LogP contribution >= 0.6 is 0 Å². The van der Waals surface area contributed by atoms with Crippen LogP contribution in [0.2, 0.25) is 0 Å². The number of ether oxygens (including phenoxy) is 1. The van der Waals surface area contributed by atoms with Gasteiger partial charge in [0.05, 0.1) is 7.11 Å². The second-order valence-electron chi connectivity index (χ2n) is 4.19. The predicted octanol–water partition coefficient (Wildman–Crippen LogP) is 1.82. The van der Waals surface area contributed by atoms with E-state index in [9.17, 15) is 9.90 Å². The molecule has 0 heterocycles. The lowest BCUT2D eigenvalue weighted by atomic mass is 10.0. The van der Waals surface area contributed by atoms with Crippen LogP contribution in [0.1, 0.15) is 11.1 Å². The van der Waals surface area contributed by atoms with Crippen LogP contribution in [0, 0.1) is 0 Å². The number of hydrogen-bond donors (Lipinski definition) is 3. The van der Waals surface area contributed by atoms with Gasteiger partial charge in [-0.1, -0.05) is 30.3 Å². The molecule has 0 spiro atoms. The van der Waals surface area contributed by atoms with Crippen LogP contribution in [0.3, 0.4) is 0 Å². The number of amides is 2. The number of nitrogens with zero attached hydrogens (tertiary/aromatic N) is 1. The van der Waals surface area contributed by atoms with E-state index in [1.807, 2.05) is 30.3 Å². The average molecular weight is 285 g/mol. The van der Waals surface area contributed by atoms with Crippen LogP contribution in [0.25, 0.3) is 0 Å². The maximum Gasteiger partial charge on any atom is 0.332 e. The average Bonchev–Trinajstić information content (AvgIpc) is 2.49. The molecule has 2 amide bonds. The molecule has 0 saturated carbocycles. The Balaban J connectivity index is 2.50. The number of phenolic OH excluding ortho intramolecular Hbond substituents is 1. The number of nitrogens with one attached hydrogen (secondary N) is 1. The highest BCUT2D eigenvalue weighted by Gasteiger charge is 2.13. The quantitative estimate of drug-likeness (QED) is 0.590. The first-order chi connectivity index (χ1) is 10.1. The molecule has 0 radical (unpaired) electrons. The Kier molecular flexibility index (Phi) is 4.40. The Bertz CT molecular complexity index is 669. The number of carbonyl (C=O) groups excluding carboxylic acids is 1. The predicted molar refractivity (Wildman–Crippen MR) is 79.5 cm³/mol.